The summed E-state index contributed by atoms with van der Waals surface area (Å²) in [5.41, 5.74) is 1.39. The summed E-state index contributed by atoms with van der Waals surface area (Å²) in [5, 5.41) is 2.93. The third kappa shape index (κ3) is 4.62. The molecule has 0 aromatic carbocycles. The molecule has 8 heteroatoms. The van der Waals surface area contributed by atoms with Gasteiger partial charge < -0.3 is 15.0 Å². The average Bonchev–Trinajstić information content (AvgIpc) is 3.53. The molecule has 0 atom stereocenters. The van der Waals surface area contributed by atoms with Gasteiger partial charge in [-0.05, 0) is 25.7 Å². The molecular weight excluding hydrogens is 346 g/mol. The molecule has 1 saturated carbocycles. The standard InChI is InChI=1S/C19H27N5O3/c25-17(20-5-7-23-8-10-27-11-9-23)13-24-6-1-2-16-15(19(24)26)12-21-18(22-16)14-3-4-14/h12,14H,1-11,13H2,(H,20,25). The first-order valence-corrected chi connectivity index (χ1v) is 9.92. The van der Waals surface area contributed by atoms with E-state index in [0.29, 0.717) is 24.6 Å². The highest BCUT2D eigenvalue weighted by molar-refractivity contribution is 5.97. The molecule has 146 valence electrons. The lowest BCUT2D eigenvalue weighted by Gasteiger charge is -2.26. The zero-order chi connectivity index (χ0) is 18.6. The first kappa shape index (κ1) is 18.3. The minimum absolute atomic E-state index is 0.0890. The highest BCUT2D eigenvalue weighted by atomic mass is 16.5. The molecule has 1 aromatic heterocycles. The molecule has 1 saturated heterocycles. The van der Waals surface area contributed by atoms with E-state index in [9.17, 15) is 9.59 Å². The molecule has 3 heterocycles. The molecule has 0 bridgehead atoms. The number of amides is 2. The van der Waals surface area contributed by atoms with Crippen LogP contribution in [0, 0.1) is 0 Å². The molecule has 2 aliphatic heterocycles. The average molecular weight is 373 g/mol. The normalized spacial score (nSPS) is 20.9. The van der Waals surface area contributed by atoms with Gasteiger partial charge in [-0.1, -0.05) is 0 Å². The van der Waals surface area contributed by atoms with Gasteiger partial charge in [-0.15, -0.1) is 0 Å². The van der Waals surface area contributed by atoms with Crippen LogP contribution < -0.4 is 5.32 Å². The number of morpholine rings is 1. The summed E-state index contributed by atoms with van der Waals surface area (Å²) in [4.78, 5) is 38.0. The smallest absolute Gasteiger partial charge is 0.257 e. The fourth-order valence-electron chi connectivity index (χ4n) is 3.61. The highest BCUT2D eigenvalue weighted by Crippen LogP contribution is 2.38. The summed E-state index contributed by atoms with van der Waals surface area (Å²) in [6.45, 7) is 5.37. The number of ether oxygens (including phenoxy) is 1. The quantitative estimate of drug-likeness (QED) is 0.766. The van der Waals surface area contributed by atoms with Crippen LogP contribution in [-0.2, 0) is 16.0 Å². The van der Waals surface area contributed by atoms with E-state index < -0.39 is 0 Å². The van der Waals surface area contributed by atoms with Crippen molar-refractivity contribution in [3.05, 3.63) is 23.3 Å². The van der Waals surface area contributed by atoms with E-state index in [2.05, 4.69) is 20.2 Å². The van der Waals surface area contributed by atoms with Crippen LogP contribution in [0.3, 0.4) is 0 Å². The van der Waals surface area contributed by atoms with Crippen LogP contribution in [0.15, 0.2) is 6.20 Å². The number of hydrogen-bond donors (Lipinski definition) is 1. The number of nitrogens with one attached hydrogen (secondary N) is 1. The Bertz CT molecular complexity index is 701. The summed E-state index contributed by atoms with van der Waals surface area (Å²) in [5.74, 6) is 1.10. The Morgan fingerprint density at radius 1 is 1.26 bits per heavy atom. The molecule has 0 radical (unpaired) electrons. The predicted octanol–water partition coefficient (Wildman–Crippen LogP) is 0.191. The topological polar surface area (TPSA) is 87.7 Å². The largest absolute Gasteiger partial charge is 0.379 e. The zero-order valence-electron chi connectivity index (χ0n) is 15.7. The maximum absolute atomic E-state index is 12.8. The first-order chi connectivity index (χ1) is 13.2. The maximum Gasteiger partial charge on any atom is 0.257 e. The van der Waals surface area contributed by atoms with Crippen LogP contribution in [0.2, 0.25) is 0 Å². The molecule has 27 heavy (non-hydrogen) atoms. The first-order valence-electron chi connectivity index (χ1n) is 9.92. The molecule has 1 N–H and O–H groups in total. The van der Waals surface area contributed by atoms with Crippen LogP contribution in [0.4, 0.5) is 0 Å². The van der Waals surface area contributed by atoms with Gasteiger partial charge in [-0.3, -0.25) is 14.5 Å². The summed E-state index contributed by atoms with van der Waals surface area (Å²) < 4.78 is 5.32. The Labute approximate surface area is 159 Å². The summed E-state index contributed by atoms with van der Waals surface area (Å²) in [6, 6.07) is 0. The molecule has 0 unspecified atom stereocenters. The van der Waals surface area contributed by atoms with Crippen LogP contribution in [0.1, 0.15) is 47.1 Å². The molecule has 2 fully saturated rings. The number of rotatable bonds is 6. The Morgan fingerprint density at radius 2 is 2.07 bits per heavy atom. The van der Waals surface area contributed by atoms with Gasteiger partial charge in [0.15, 0.2) is 0 Å². The van der Waals surface area contributed by atoms with E-state index in [-0.39, 0.29) is 18.4 Å². The summed E-state index contributed by atoms with van der Waals surface area (Å²) in [6.07, 6.45) is 5.53. The van der Waals surface area contributed by atoms with Gasteiger partial charge in [-0.2, -0.15) is 0 Å². The van der Waals surface area contributed by atoms with Gasteiger partial charge in [0.05, 0.1) is 31.0 Å². The van der Waals surface area contributed by atoms with Crippen molar-refractivity contribution in [3.8, 4) is 0 Å². The van der Waals surface area contributed by atoms with E-state index >= 15 is 0 Å². The van der Waals surface area contributed by atoms with Crippen LogP contribution in [0.25, 0.3) is 0 Å². The number of nitrogens with zero attached hydrogens (tertiary/aromatic N) is 4. The van der Waals surface area contributed by atoms with Crippen molar-refractivity contribution >= 4 is 11.8 Å². The van der Waals surface area contributed by atoms with Crippen molar-refractivity contribution < 1.29 is 14.3 Å². The van der Waals surface area contributed by atoms with Crippen molar-refractivity contribution in [3.63, 3.8) is 0 Å². The molecule has 1 aliphatic carbocycles. The number of carbonyl (C=O) groups is 2. The summed E-state index contributed by atoms with van der Waals surface area (Å²) in [7, 11) is 0. The van der Waals surface area contributed by atoms with Crippen molar-refractivity contribution in [2.75, 3.05) is 52.5 Å². The number of aryl methyl sites for hydroxylation is 1. The second-order valence-corrected chi connectivity index (χ2v) is 7.50. The fraction of sp³-hybridized carbons (Fsp3) is 0.684. The van der Waals surface area contributed by atoms with E-state index in [0.717, 1.165) is 70.0 Å². The molecule has 1 aromatic rings. The van der Waals surface area contributed by atoms with Crippen molar-refractivity contribution in [2.45, 2.75) is 31.6 Å². The van der Waals surface area contributed by atoms with E-state index in [1.807, 2.05) is 0 Å². The lowest BCUT2D eigenvalue weighted by Crippen LogP contribution is -2.44. The Morgan fingerprint density at radius 3 is 2.85 bits per heavy atom. The van der Waals surface area contributed by atoms with Crippen LogP contribution >= 0.6 is 0 Å². The lowest BCUT2D eigenvalue weighted by atomic mass is 10.1. The number of fused-ring (bicyclic) bond motifs is 1. The Balaban J connectivity index is 1.30. The van der Waals surface area contributed by atoms with Crippen LogP contribution in [0.5, 0.6) is 0 Å². The Hall–Kier alpha value is -2.06. The van der Waals surface area contributed by atoms with Gasteiger partial charge in [-0.25, -0.2) is 9.97 Å². The van der Waals surface area contributed by atoms with Crippen molar-refractivity contribution in [1.82, 2.24) is 25.1 Å². The van der Waals surface area contributed by atoms with E-state index in [1.165, 1.54) is 0 Å². The third-order valence-electron chi connectivity index (χ3n) is 5.38. The van der Waals surface area contributed by atoms with E-state index in [4.69, 9.17) is 4.74 Å². The second kappa shape index (κ2) is 8.31. The molecule has 2 amide bonds. The van der Waals surface area contributed by atoms with Crippen molar-refractivity contribution in [2.24, 2.45) is 0 Å². The van der Waals surface area contributed by atoms with Gasteiger partial charge in [0.2, 0.25) is 5.91 Å². The number of carbonyl (C=O) groups excluding carboxylic acids is 2. The molecule has 0 spiro atoms. The number of aromatic nitrogens is 2. The van der Waals surface area contributed by atoms with Gasteiger partial charge in [0.25, 0.3) is 5.91 Å². The summed E-state index contributed by atoms with van der Waals surface area (Å²) >= 11 is 0. The zero-order valence-corrected chi connectivity index (χ0v) is 15.7. The minimum Gasteiger partial charge on any atom is -0.379 e. The number of hydrogen-bond acceptors (Lipinski definition) is 6. The monoisotopic (exact) mass is 373 g/mol. The minimum atomic E-state index is -0.131. The van der Waals surface area contributed by atoms with Gasteiger partial charge in [0.1, 0.15) is 5.82 Å². The predicted molar refractivity (Wildman–Crippen MR) is 98.5 cm³/mol. The SMILES string of the molecule is O=C(CN1CCCc2nc(C3CC3)ncc2C1=O)NCCN1CCOCC1. The fourth-order valence-corrected chi connectivity index (χ4v) is 3.61. The maximum atomic E-state index is 12.8. The van der Waals surface area contributed by atoms with E-state index in [1.54, 1.807) is 11.1 Å². The molecular formula is C19H27N5O3. The molecule has 3 aliphatic rings. The Kier molecular flexibility index (Phi) is 5.63. The van der Waals surface area contributed by atoms with Gasteiger partial charge in [0, 0.05) is 44.8 Å². The second-order valence-electron chi connectivity index (χ2n) is 7.50. The highest BCUT2D eigenvalue weighted by Gasteiger charge is 2.30. The third-order valence-corrected chi connectivity index (χ3v) is 5.38. The molecule has 4 rings (SSSR count). The molecule has 8 nitrogen and oxygen atoms in total. The van der Waals surface area contributed by atoms with Gasteiger partial charge >= 0.3 is 0 Å². The van der Waals surface area contributed by atoms with Crippen LogP contribution in [-0.4, -0.2) is 84.1 Å². The lowest BCUT2D eigenvalue weighted by molar-refractivity contribution is -0.121. The van der Waals surface area contributed by atoms with Crippen molar-refractivity contribution in [1.29, 1.82) is 0 Å².